The zero-order valence-corrected chi connectivity index (χ0v) is 18.9. The van der Waals surface area contributed by atoms with Crippen LogP contribution in [0.4, 0.5) is 16.2 Å². The van der Waals surface area contributed by atoms with Gasteiger partial charge < -0.3 is 9.64 Å². The van der Waals surface area contributed by atoms with E-state index in [-0.39, 0.29) is 24.1 Å². The van der Waals surface area contributed by atoms with Crippen LogP contribution in [0.5, 0.6) is 0 Å². The number of nitrogens with one attached hydrogen (secondary N) is 1. The van der Waals surface area contributed by atoms with E-state index in [2.05, 4.69) is 27.4 Å². The molecule has 2 aliphatic rings. The Kier molecular flexibility index (Phi) is 6.62. The average Bonchev–Trinajstić information content (AvgIpc) is 3.22. The van der Waals surface area contributed by atoms with Crippen molar-refractivity contribution >= 4 is 23.4 Å². The highest BCUT2D eigenvalue weighted by atomic mass is 16.5. The molecule has 0 bridgehead atoms. The zero-order valence-electron chi connectivity index (χ0n) is 18.9. The van der Waals surface area contributed by atoms with E-state index < -0.39 is 0 Å². The van der Waals surface area contributed by atoms with E-state index in [9.17, 15) is 9.59 Å². The van der Waals surface area contributed by atoms with Crippen LogP contribution in [-0.4, -0.2) is 67.9 Å². The summed E-state index contributed by atoms with van der Waals surface area (Å²) in [6.45, 7) is 7.58. The lowest BCUT2D eigenvalue weighted by Gasteiger charge is -2.39. The number of urea groups is 1. The van der Waals surface area contributed by atoms with E-state index in [1.54, 1.807) is 9.91 Å². The molecule has 1 atom stereocenters. The van der Waals surface area contributed by atoms with Crippen LogP contribution in [0, 0.1) is 0 Å². The van der Waals surface area contributed by atoms with Crippen LogP contribution < -0.4 is 15.2 Å². The predicted molar refractivity (Wildman–Crippen MR) is 124 cm³/mol. The van der Waals surface area contributed by atoms with Crippen molar-refractivity contribution in [2.24, 2.45) is 0 Å². The number of esters is 1. The third-order valence-corrected chi connectivity index (χ3v) is 6.10. The number of piperazine rings is 1. The van der Waals surface area contributed by atoms with Gasteiger partial charge in [-0.1, -0.05) is 30.3 Å². The molecule has 2 saturated heterocycles. The normalized spacial score (nSPS) is 18.4. The van der Waals surface area contributed by atoms with E-state index in [1.807, 2.05) is 56.3 Å². The van der Waals surface area contributed by atoms with Gasteiger partial charge in [-0.3, -0.25) is 14.8 Å². The first kappa shape index (κ1) is 22.1. The summed E-state index contributed by atoms with van der Waals surface area (Å²) < 4.78 is 5.09. The van der Waals surface area contributed by atoms with Crippen molar-refractivity contribution < 1.29 is 14.3 Å². The number of hydrogen-bond donors (Lipinski definition) is 1. The predicted octanol–water partition coefficient (Wildman–Crippen LogP) is 2.84. The topological polar surface area (TPSA) is 68.4 Å². The average molecular weight is 438 g/mol. The van der Waals surface area contributed by atoms with Crippen molar-refractivity contribution in [3.63, 3.8) is 0 Å². The standard InChI is InChI=1S/C24H31N5O3/c1-18(2)29-24(31)28(17-25-29)21-11-9-20(10-12-21)26-13-15-27(16-14-26)22(23(30)32-3)19-7-5-4-6-8-19/h4-12,18,22,25H,13-17H2,1-3H3. The van der Waals surface area contributed by atoms with Crippen LogP contribution >= 0.6 is 0 Å². The number of carbonyl (C=O) groups excluding carboxylic acids is 2. The third-order valence-electron chi connectivity index (χ3n) is 6.10. The number of amides is 2. The monoisotopic (exact) mass is 437 g/mol. The van der Waals surface area contributed by atoms with Crippen LogP contribution in [-0.2, 0) is 9.53 Å². The maximum atomic E-state index is 12.6. The molecule has 8 nitrogen and oxygen atoms in total. The van der Waals surface area contributed by atoms with Gasteiger partial charge in [0.1, 0.15) is 6.04 Å². The first-order valence-electron chi connectivity index (χ1n) is 11.1. The molecule has 8 heteroatoms. The molecule has 2 aliphatic heterocycles. The van der Waals surface area contributed by atoms with Gasteiger partial charge in [-0.15, -0.1) is 0 Å². The highest BCUT2D eigenvalue weighted by molar-refractivity contribution is 5.93. The number of benzene rings is 2. The summed E-state index contributed by atoms with van der Waals surface area (Å²) in [5.41, 5.74) is 6.08. The lowest BCUT2D eigenvalue weighted by atomic mass is 10.0. The number of carbonyl (C=O) groups is 2. The Balaban J connectivity index is 1.40. The third kappa shape index (κ3) is 4.42. The molecule has 0 spiro atoms. The fourth-order valence-corrected chi connectivity index (χ4v) is 4.34. The van der Waals surface area contributed by atoms with Gasteiger partial charge in [0.05, 0.1) is 13.8 Å². The second-order valence-corrected chi connectivity index (χ2v) is 8.37. The number of rotatable bonds is 6. The largest absolute Gasteiger partial charge is 0.468 e. The number of nitrogens with zero attached hydrogens (tertiary/aromatic N) is 4. The van der Waals surface area contributed by atoms with Crippen LogP contribution in [0.3, 0.4) is 0 Å². The maximum Gasteiger partial charge on any atom is 0.340 e. The van der Waals surface area contributed by atoms with E-state index in [1.165, 1.54) is 7.11 Å². The molecule has 2 amide bonds. The summed E-state index contributed by atoms with van der Waals surface area (Å²) in [7, 11) is 1.44. The van der Waals surface area contributed by atoms with Crippen molar-refractivity contribution in [1.29, 1.82) is 0 Å². The maximum absolute atomic E-state index is 12.6. The van der Waals surface area contributed by atoms with Gasteiger partial charge in [-0.05, 0) is 43.7 Å². The van der Waals surface area contributed by atoms with Crippen molar-refractivity contribution in [2.75, 3.05) is 49.8 Å². The van der Waals surface area contributed by atoms with Gasteiger partial charge in [-0.25, -0.2) is 15.0 Å². The molecule has 170 valence electrons. The Bertz CT molecular complexity index is 926. The summed E-state index contributed by atoms with van der Waals surface area (Å²) in [5.74, 6) is -0.228. The zero-order chi connectivity index (χ0) is 22.7. The van der Waals surface area contributed by atoms with Gasteiger partial charge in [0, 0.05) is 43.6 Å². The van der Waals surface area contributed by atoms with Crippen molar-refractivity contribution in [1.82, 2.24) is 15.3 Å². The molecule has 2 aromatic carbocycles. The fraction of sp³-hybridized carbons (Fsp3) is 0.417. The summed E-state index contributed by atoms with van der Waals surface area (Å²) in [6, 6.07) is 17.6. The van der Waals surface area contributed by atoms with Crippen LogP contribution in [0.2, 0.25) is 0 Å². The Labute approximate surface area is 189 Å². The molecular formula is C24H31N5O3. The first-order chi connectivity index (χ1) is 15.5. The highest BCUT2D eigenvalue weighted by Gasteiger charge is 2.32. The van der Waals surface area contributed by atoms with Crippen LogP contribution in [0.1, 0.15) is 25.5 Å². The quantitative estimate of drug-likeness (QED) is 0.701. The molecule has 2 heterocycles. The summed E-state index contributed by atoms with van der Waals surface area (Å²) >= 11 is 0. The number of methoxy groups -OCH3 is 1. The smallest absolute Gasteiger partial charge is 0.340 e. The SMILES string of the molecule is COC(=O)C(c1ccccc1)N1CCN(c2ccc(N3CNN(C(C)C)C3=O)cc2)CC1. The number of hydrogen-bond acceptors (Lipinski definition) is 6. The minimum absolute atomic E-state index is 0.0314. The van der Waals surface area contributed by atoms with E-state index >= 15 is 0 Å². The summed E-state index contributed by atoms with van der Waals surface area (Å²) in [4.78, 5) is 31.3. The summed E-state index contributed by atoms with van der Waals surface area (Å²) in [6.07, 6.45) is 0. The lowest BCUT2D eigenvalue weighted by molar-refractivity contribution is -0.147. The molecule has 1 unspecified atom stereocenters. The minimum Gasteiger partial charge on any atom is -0.468 e. The first-order valence-corrected chi connectivity index (χ1v) is 11.1. The number of hydrazine groups is 1. The second kappa shape index (κ2) is 9.58. The Morgan fingerprint density at radius 3 is 2.12 bits per heavy atom. The fourth-order valence-electron chi connectivity index (χ4n) is 4.34. The van der Waals surface area contributed by atoms with E-state index in [0.29, 0.717) is 6.67 Å². The van der Waals surface area contributed by atoms with E-state index in [0.717, 1.165) is 43.1 Å². The molecule has 2 aromatic rings. The lowest BCUT2D eigenvalue weighted by Crippen LogP contribution is -2.49. The summed E-state index contributed by atoms with van der Waals surface area (Å²) in [5, 5.41) is 1.65. The molecule has 0 aliphatic carbocycles. The Morgan fingerprint density at radius 2 is 1.56 bits per heavy atom. The molecule has 0 radical (unpaired) electrons. The second-order valence-electron chi connectivity index (χ2n) is 8.37. The van der Waals surface area contributed by atoms with Crippen molar-refractivity contribution in [2.45, 2.75) is 25.9 Å². The van der Waals surface area contributed by atoms with Gasteiger partial charge in [0.25, 0.3) is 0 Å². The number of ether oxygens (including phenoxy) is 1. The van der Waals surface area contributed by atoms with E-state index in [4.69, 9.17) is 4.74 Å². The minimum atomic E-state index is -0.386. The highest BCUT2D eigenvalue weighted by Crippen LogP contribution is 2.27. The Hall–Kier alpha value is -3.10. The molecule has 0 aromatic heterocycles. The van der Waals surface area contributed by atoms with Crippen LogP contribution in [0.25, 0.3) is 0 Å². The molecule has 2 fully saturated rings. The van der Waals surface area contributed by atoms with Gasteiger partial charge in [0.15, 0.2) is 0 Å². The molecule has 4 rings (SSSR count). The van der Waals surface area contributed by atoms with Gasteiger partial charge >= 0.3 is 12.0 Å². The molecular weight excluding hydrogens is 406 g/mol. The van der Waals surface area contributed by atoms with Crippen molar-refractivity contribution in [3.05, 3.63) is 60.2 Å². The van der Waals surface area contributed by atoms with Crippen LogP contribution in [0.15, 0.2) is 54.6 Å². The van der Waals surface area contributed by atoms with Crippen molar-refractivity contribution in [3.8, 4) is 0 Å². The number of anilines is 2. The van der Waals surface area contributed by atoms with Gasteiger partial charge in [0.2, 0.25) is 0 Å². The molecule has 32 heavy (non-hydrogen) atoms. The molecule has 1 N–H and O–H groups in total. The molecule has 0 saturated carbocycles. The van der Waals surface area contributed by atoms with Gasteiger partial charge in [-0.2, -0.15) is 0 Å². The Morgan fingerprint density at radius 1 is 0.938 bits per heavy atom.